The number of hydrogen-bond acceptors (Lipinski definition) is 4. The lowest BCUT2D eigenvalue weighted by atomic mass is 9.89. The Morgan fingerprint density at radius 1 is 1.06 bits per heavy atom. The van der Waals surface area contributed by atoms with E-state index >= 15 is 8.78 Å². The first-order valence-electron chi connectivity index (χ1n) is 15.5. The molecule has 7 nitrogen and oxygen atoms in total. The number of halogens is 6. The van der Waals surface area contributed by atoms with E-state index in [1.165, 1.54) is 26.0 Å². The number of nitrogens with zero attached hydrogens (tertiary/aromatic N) is 2. The second-order valence-corrected chi connectivity index (χ2v) is 12.6. The van der Waals surface area contributed by atoms with Crippen LogP contribution in [0.4, 0.5) is 26.3 Å². The van der Waals surface area contributed by atoms with Crippen LogP contribution in [0.2, 0.25) is 0 Å². The molecule has 1 aromatic heterocycles. The highest BCUT2D eigenvalue weighted by Crippen LogP contribution is 2.38. The molecule has 2 aromatic carbocycles. The molecule has 264 valence electrons. The summed E-state index contributed by atoms with van der Waals surface area (Å²) in [5, 5.41) is 12.1. The molecule has 2 N–H and O–H groups in total. The van der Waals surface area contributed by atoms with Crippen molar-refractivity contribution < 1.29 is 41.0 Å². The van der Waals surface area contributed by atoms with Gasteiger partial charge in [-0.2, -0.15) is 13.2 Å². The zero-order chi connectivity index (χ0) is 37.0. The van der Waals surface area contributed by atoms with Gasteiger partial charge in [0, 0.05) is 29.9 Å². The largest absolute Gasteiger partial charge is 0.481 e. The standard InChI is InChI=1S/C36H39F6N3O4/c1-8-9-22-15-24(31-20(4)10-11-26(37)21(31)5)34(39)32(33(22)38)27(17-30(47)48)43-35(49)28(14-19(2)3)45-18-23(12-13-44(6)7)25(16-29(45)46)36(40,41)42/h10-11,15-16,18-19,27-28H,12-14,17H2,1-7H3,(H,43,49)(H,47,48). The Balaban J connectivity index is 2.27. The molecule has 0 radical (unpaired) electrons. The summed E-state index contributed by atoms with van der Waals surface area (Å²) in [6, 6.07) is 0.707. The number of carboxylic acid groups (broad SMARTS) is 1. The zero-order valence-corrected chi connectivity index (χ0v) is 28.3. The maximum atomic E-state index is 16.5. The van der Waals surface area contributed by atoms with Crippen molar-refractivity contribution in [1.29, 1.82) is 0 Å². The van der Waals surface area contributed by atoms with Crippen molar-refractivity contribution >= 4 is 11.9 Å². The van der Waals surface area contributed by atoms with Gasteiger partial charge in [0.05, 0.1) is 23.6 Å². The number of aryl methyl sites for hydroxylation is 1. The Kier molecular flexibility index (Phi) is 12.5. The SMILES string of the molecule is CC#Cc1cc(-c2c(C)ccc(F)c2C)c(F)c(C(CC(=O)O)NC(=O)C(CC(C)C)n2cc(CCN(C)C)c(C(F)(F)F)cc2=O)c1F. The van der Waals surface area contributed by atoms with Crippen molar-refractivity contribution in [2.75, 3.05) is 20.6 Å². The molecule has 0 aliphatic heterocycles. The predicted octanol–water partition coefficient (Wildman–Crippen LogP) is 6.96. The predicted molar refractivity (Wildman–Crippen MR) is 173 cm³/mol. The van der Waals surface area contributed by atoms with E-state index in [0.717, 1.165) is 16.8 Å². The summed E-state index contributed by atoms with van der Waals surface area (Å²) in [5.74, 6) is -1.09. The topological polar surface area (TPSA) is 91.6 Å². The van der Waals surface area contributed by atoms with Gasteiger partial charge >= 0.3 is 12.1 Å². The molecule has 0 aliphatic rings. The lowest BCUT2D eigenvalue weighted by molar-refractivity contribution is -0.139. The highest BCUT2D eigenvalue weighted by molar-refractivity contribution is 5.82. The number of amides is 1. The van der Waals surface area contributed by atoms with Gasteiger partial charge in [-0.1, -0.05) is 25.8 Å². The number of benzene rings is 2. The number of rotatable bonds is 12. The summed E-state index contributed by atoms with van der Waals surface area (Å²) in [6.45, 7) is 7.94. The van der Waals surface area contributed by atoms with Gasteiger partial charge in [-0.25, -0.2) is 13.2 Å². The van der Waals surface area contributed by atoms with Gasteiger partial charge in [0.2, 0.25) is 5.91 Å². The van der Waals surface area contributed by atoms with Gasteiger partial charge in [-0.05, 0) is 88.0 Å². The quantitative estimate of drug-likeness (QED) is 0.158. The summed E-state index contributed by atoms with van der Waals surface area (Å²) in [6.07, 6.45) is -5.14. The molecular formula is C36H39F6N3O4. The number of carbonyl (C=O) groups is 2. The Bertz CT molecular complexity index is 1850. The third-order valence-electron chi connectivity index (χ3n) is 8.04. The van der Waals surface area contributed by atoms with E-state index in [2.05, 4.69) is 17.2 Å². The summed E-state index contributed by atoms with van der Waals surface area (Å²) in [4.78, 5) is 40.8. The Morgan fingerprint density at radius 2 is 1.71 bits per heavy atom. The molecular weight excluding hydrogens is 652 g/mol. The molecule has 3 aromatic rings. The number of hydrogen-bond donors (Lipinski definition) is 2. The van der Waals surface area contributed by atoms with Crippen molar-refractivity contribution in [3.63, 3.8) is 0 Å². The van der Waals surface area contributed by atoms with E-state index in [0.29, 0.717) is 11.6 Å². The van der Waals surface area contributed by atoms with Crippen LogP contribution in [0.25, 0.3) is 11.1 Å². The smallest absolute Gasteiger partial charge is 0.416 e. The molecule has 49 heavy (non-hydrogen) atoms. The normalized spacial score (nSPS) is 12.9. The Hall–Kier alpha value is -4.57. The maximum Gasteiger partial charge on any atom is 0.416 e. The number of likely N-dealkylation sites (N-methyl/N-ethyl adjacent to an activating group) is 1. The average molecular weight is 692 g/mol. The second-order valence-electron chi connectivity index (χ2n) is 12.6. The Labute approximate surface area is 280 Å². The minimum Gasteiger partial charge on any atom is -0.481 e. The van der Waals surface area contributed by atoms with Crippen LogP contribution in [0.15, 0.2) is 35.3 Å². The van der Waals surface area contributed by atoms with E-state index in [1.54, 1.807) is 39.8 Å². The highest BCUT2D eigenvalue weighted by Gasteiger charge is 2.36. The summed E-state index contributed by atoms with van der Waals surface area (Å²) in [7, 11) is 3.31. The van der Waals surface area contributed by atoms with E-state index < -0.39 is 70.7 Å². The lowest BCUT2D eigenvalue weighted by Crippen LogP contribution is -2.41. The molecule has 13 heteroatoms. The fraction of sp³-hybridized carbons (Fsp3) is 0.417. The molecule has 0 spiro atoms. The first-order valence-corrected chi connectivity index (χ1v) is 15.5. The van der Waals surface area contributed by atoms with Crippen LogP contribution in [-0.4, -0.2) is 47.1 Å². The number of nitrogens with one attached hydrogen (secondary N) is 1. The average Bonchev–Trinajstić information content (AvgIpc) is 2.98. The molecule has 2 atom stereocenters. The van der Waals surface area contributed by atoms with Crippen molar-refractivity contribution in [2.45, 2.75) is 72.1 Å². The third kappa shape index (κ3) is 9.12. The number of carbonyl (C=O) groups excluding carboxylic acids is 1. The molecule has 0 saturated carbocycles. The van der Waals surface area contributed by atoms with Gasteiger partial charge in [0.15, 0.2) is 0 Å². The van der Waals surface area contributed by atoms with Crippen LogP contribution in [0.3, 0.4) is 0 Å². The number of pyridine rings is 1. The zero-order valence-electron chi connectivity index (χ0n) is 28.3. The van der Waals surface area contributed by atoms with E-state index in [9.17, 15) is 37.1 Å². The molecule has 3 rings (SSSR count). The first-order chi connectivity index (χ1) is 22.8. The van der Waals surface area contributed by atoms with Gasteiger partial charge in [0.1, 0.15) is 23.5 Å². The van der Waals surface area contributed by atoms with Gasteiger partial charge in [-0.3, -0.25) is 14.4 Å². The lowest BCUT2D eigenvalue weighted by Gasteiger charge is -2.27. The van der Waals surface area contributed by atoms with Crippen molar-refractivity contribution in [1.82, 2.24) is 14.8 Å². The minimum atomic E-state index is -4.86. The van der Waals surface area contributed by atoms with Crippen LogP contribution in [-0.2, 0) is 22.2 Å². The summed E-state index contributed by atoms with van der Waals surface area (Å²) in [5.41, 5.74) is -3.49. The molecule has 0 aliphatic carbocycles. The van der Waals surface area contributed by atoms with Crippen LogP contribution in [0.5, 0.6) is 0 Å². The van der Waals surface area contributed by atoms with Gasteiger partial charge < -0.3 is 19.9 Å². The molecule has 0 bridgehead atoms. The third-order valence-corrected chi connectivity index (χ3v) is 8.04. The number of carboxylic acids is 1. The van der Waals surface area contributed by atoms with E-state index in [-0.39, 0.29) is 53.1 Å². The number of aliphatic carboxylic acids is 1. The monoisotopic (exact) mass is 691 g/mol. The first kappa shape index (κ1) is 38.9. The van der Waals surface area contributed by atoms with Crippen molar-refractivity contribution in [3.05, 3.63) is 91.6 Å². The fourth-order valence-electron chi connectivity index (χ4n) is 5.71. The van der Waals surface area contributed by atoms with Crippen LogP contribution >= 0.6 is 0 Å². The number of aromatic nitrogens is 1. The van der Waals surface area contributed by atoms with Crippen molar-refractivity contribution in [2.24, 2.45) is 5.92 Å². The highest BCUT2D eigenvalue weighted by atomic mass is 19.4. The van der Waals surface area contributed by atoms with Crippen LogP contribution in [0.1, 0.15) is 79.1 Å². The second kappa shape index (κ2) is 15.8. The van der Waals surface area contributed by atoms with Gasteiger partial charge in [-0.15, -0.1) is 5.92 Å². The van der Waals surface area contributed by atoms with Crippen molar-refractivity contribution in [3.8, 4) is 23.0 Å². The molecule has 0 fully saturated rings. The summed E-state index contributed by atoms with van der Waals surface area (Å²) >= 11 is 0. The Morgan fingerprint density at radius 3 is 2.27 bits per heavy atom. The maximum absolute atomic E-state index is 16.5. The van der Waals surface area contributed by atoms with Crippen LogP contribution in [0, 0.1) is 49.1 Å². The van der Waals surface area contributed by atoms with E-state index in [4.69, 9.17) is 0 Å². The fourth-order valence-corrected chi connectivity index (χ4v) is 5.71. The van der Waals surface area contributed by atoms with Gasteiger partial charge in [0.25, 0.3) is 5.56 Å². The molecule has 2 unspecified atom stereocenters. The molecule has 1 heterocycles. The minimum absolute atomic E-state index is 0.0365. The molecule has 1 amide bonds. The number of alkyl halides is 3. The van der Waals surface area contributed by atoms with Crippen LogP contribution < -0.4 is 10.9 Å². The van der Waals surface area contributed by atoms with E-state index in [1.807, 2.05) is 0 Å². The molecule has 0 saturated heterocycles. The summed E-state index contributed by atoms with van der Waals surface area (Å²) < 4.78 is 89.9.